The Bertz CT molecular complexity index is 651. The number of hydrogen-bond acceptors (Lipinski definition) is 4. The van der Waals surface area contributed by atoms with Gasteiger partial charge in [-0.2, -0.15) is 0 Å². The molecule has 1 aliphatic carbocycles. The average Bonchev–Trinajstić information content (AvgIpc) is 3.36. The van der Waals surface area contributed by atoms with E-state index in [9.17, 15) is 8.42 Å². The maximum absolute atomic E-state index is 12.4. The van der Waals surface area contributed by atoms with Gasteiger partial charge >= 0.3 is 0 Å². The van der Waals surface area contributed by atoms with Crippen molar-refractivity contribution in [3.8, 4) is 5.75 Å². The van der Waals surface area contributed by atoms with Crippen LogP contribution in [-0.2, 0) is 10.0 Å². The molecule has 1 aliphatic heterocycles. The number of benzene rings is 1. The van der Waals surface area contributed by atoms with Crippen LogP contribution in [0.3, 0.4) is 0 Å². The van der Waals surface area contributed by atoms with Gasteiger partial charge in [0.05, 0.1) is 5.25 Å². The third kappa shape index (κ3) is 4.10. The molecule has 0 radical (unpaired) electrons. The molecule has 1 heterocycles. The molecule has 1 aromatic rings. The number of hydrogen-bond donors (Lipinski definition) is 0. The first-order valence-electron chi connectivity index (χ1n) is 8.89. The van der Waals surface area contributed by atoms with Gasteiger partial charge in [-0.05, 0) is 50.8 Å². The summed E-state index contributed by atoms with van der Waals surface area (Å²) in [6.45, 7) is 8.61. The van der Waals surface area contributed by atoms with Gasteiger partial charge in [0.25, 0.3) is 0 Å². The van der Waals surface area contributed by atoms with Gasteiger partial charge in [0.1, 0.15) is 12.4 Å². The molecule has 1 aromatic carbocycles. The van der Waals surface area contributed by atoms with E-state index < -0.39 is 10.0 Å². The van der Waals surface area contributed by atoms with Crippen molar-refractivity contribution in [3.05, 3.63) is 29.3 Å². The minimum absolute atomic E-state index is 0.101. The third-order valence-electron chi connectivity index (χ3n) is 4.92. The van der Waals surface area contributed by atoms with Gasteiger partial charge in [-0.1, -0.05) is 18.2 Å². The van der Waals surface area contributed by atoms with Gasteiger partial charge in [0.15, 0.2) is 0 Å². The van der Waals surface area contributed by atoms with E-state index in [2.05, 4.69) is 30.9 Å². The van der Waals surface area contributed by atoms with Crippen molar-refractivity contribution in [2.24, 2.45) is 0 Å². The van der Waals surface area contributed by atoms with Crippen LogP contribution in [0, 0.1) is 13.8 Å². The van der Waals surface area contributed by atoms with E-state index in [-0.39, 0.29) is 5.25 Å². The smallest absolute Gasteiger partial charge is 0.217 e. The maximum Gasteiger partial charge on any atom is 0.217 e. The van der Waals surface area contributed by atoms with Crippen LogP contribution in [0.25, 0.3) is 0 Å². The summed E-state index contributed by atoms with van der Waals surface area (Å²) in [4.78, 5) is 2.32. The highest BCUT2D eigenvalue weighted by atomic mass is 32.2. The molecule has 0 aromatic heterocycles. The van der Waals surface area contributed by atoms with E-state index in [1.54, 1.807) is 4.31 Å². The minimum atomic E-state index is -3.03. The summed E-state index contributed by atoms with van der Waals surface area (Å²) in [5.41, 5.74) is 2.32. The van der Waals surface area contributed by atoms with E-state index in [0.717, 1.165) is 55.8 Å². The van der Waals surface area contributed by atoms with Crippen molar-refractivity contribution in [1.29, 1.82) is 0 Å². The predicted molar refractivity (Wildman–Crippen MR) is 96.0 cm³/mol. The normalized spacial score (nSPS) is 20.8. The molecule has 1 saturated carbocycles. The second-order valence-electron chi connectivity index (χ2n) is 6.91. The fourth-order valence-corrected chi connectivity index (χ4v) is 5.18. The summed E-state index contributed by atoms with van der Waals surface area (Å²) in [6.07, 6.45) is 2.58. The van der Waals surface area contributed by atoms with Crippen LogP contribution in [0.5, 0.6) is 5.75 Å². The third-order valence-corrected chi connectivity index (χ3v) is 7.31. The summed E-state index contributed by atoms with van der Waals surface area (Å²) in [6, 6.07) is 6.17. The molecular formula is C18H28N2O3S. The number of aryl methyl sites for hydroxylation is 2. The fraction of sp³-hybridized carbons (Fsp3) is 0.667. The van der Waals surface area contributed by atoms with Crippen LogP contribution in [0.4, 0.5) is 0 Å². The molecule has 0 bridgehead atoms. The molecule has 0 N–H and O–H groups in total. The Morgan fingerprint density at radius 2 is 1.79 bits per heavy atom. The lowest BCUT2D eigenvalue weighted by Crippen LogP contribution is -2.37. The quantitative estimate of drug-likeness (QED) is 0.787. The summed E-state index contributed by atoms with van der Waals surface area (Å²) < 4.78 is 32.4. The average molecular weight is 353 g/mol. The molecule has 2 aliphatic rings. The zero-order valence-electron chi connectivity index (χ0n) is 14.7. The molecular weight excluding hydrogens is 324 g/mol. The Morgan fingerprint density at radius 1 is 1.08 bits per heavy atom. The zero-order chi connectivity index (χ0) is 17.2. The molecule has 6 heteroatoms. The standard InChI is InChI=1S/C18H28N2O3S/c1-15-5-3-6-16(2)18(15)23-14-13-19-9-4-10-20(12-11-19)24(21,22)17-7-8-17/h3,5-6,17H,4,7-14H2,1-2H3. The summed E-state index contributed by atoms with van der Waals surface area (Å²) in [5, 5.41) is -0.101. The monoisotopic (exact) mass is 352 g/mol. The Labute approximate surface area is 145 Å². The number of para-hydroxylation sites is 1. The first-order valence-corrected chi connectivity index (χ1v) is 10.4. The lowest BCUT2D eigenvalue weighted by molar-refractivity contribution is 0.214. The Hall–Kier alpha value is -1.11. The first kappa shape index (κ1) is 17.7. The van der Waals surface area contributed by atoms with Crippen molar-refractivity contribution < 1.29 is 13.2 Å². The molecule has 0 unspecified atom stereocenters. The molecule has 1 saturated heterocycles. The maximum atomic E-state index is 12.4. The first-order chi connectivity index (χ1) is 11.5. The summed E-state index contributed by atoms with van der Waals surface area (Å²) in [5.74, 6) is 0.977. The SMILES string of the molecule is Cc1cccc(C)c1OCCN1CCCN(S(=O)(=O)C2CC2)CC1. The Balaban J connectivity index is 1.48. The number of nitrogens with zero attached hydrogens (tertiary/aromatic N) is 2. The van der Waals surface area contributed by atoms with Crippen molar-refractivity contribution in [2.45, 2.75) is 38.4 Å². The molecule has 134 valence electrons. The van der Waals surface area contributed by atoms with Crippen molar-refractivity contribution >= 4 is 10.0 Å². The van der Waals surface area contributed by atoms with Gasteiger partial charge in [0, 0.05) is 26.2 Å². The second kappa shape index (κ2) is 7.42. The van der Waals surface area contributed by atoms with Crippen LogP contribution in [-0.4, -0.2) is 62.2 Å². The topological polar surface area (TPSA) is 49.9 Å². The van der Waals surface area contributed by atoms with E-state index in [1.807, 2.05) is 6.07 Å². The minimum Gasteiger partial charge on any atom is -0.492 e. The second-order valence-corrected chi connectivity index (χ2v) is 9.12. The molecule has 0 amide bonds. The molecule has 2 fully saturated rings. The molecule has 3 rings (SSSR count). The molecule has 24 heavy (non-hydrogen) atoms. The largest absolute Gasteiger partial charge is 0.492 e. The van der Waals surface area contributed by atoms with E-state index in [4.69, 9.17) is 4.74 Å². The predicted octanol–water partition coefficient (Wildman–Crippen LogP) is 2.18. The van der Waals surface area contributed by atoms with Gasteiger partial charge in [-0.3, -0.25) is 4.90 Å². The molecule has 0 atom stereocenters. The van der Waals surface area contributed by atoms with Gasteiger partial charge in [0.2, 0.25) is 10.0 Å². The van der Waals surface area contributed by atoms with Crippen LogP contribution >= 0.6 is 0 Å². The van der Waals surface area contributed by atoms with Crippen LogP contribution in [0.1, 0.15) is 30.4 Å². The number of rotatable bonds is 6. The Kier molecular flexibility index (Phi) is 5.47. The van der Waals surface area contributed by atoms with Crippen LogP contribution < -0.4 is 4.74 Å². The van der Waals surface area contributed by atoms with Crippen LogP contribution in [0.15, 0.2) is 18.2 Å². The number of sulfonamides is 1. The molecule has 5 nitrogen and oxygen atoms in total. The lowest BCUT2D eigenvalue weighted by Gasteiger charge is -2.22. The van der Waals surface area contributed by atoms with Gasteiger partial charge in [-0.15, -0.1) is 0 Å². The van der Waals surface area contributed by atoms with Gasteiger partial charge < -0.3 is 4.74 Å². The fourth-order valence-electron chi connectivity index (χ4n) is 3.31. The van der Waals surface area contributed by atoms with Crippen molar-refractivity contribution in [1.82, 2.24) is 9.21 Å². The van der Waals surface area contributed by atoms with Crippen molar-refractivity contribution in [3.63, 3.8) is 0 Å². The van der Waals surface area contributed by atoms with Crippen molar-refractivity contribution in [2.75, 3.05) is 39.3 Å². The van der Waals surface area contributed by atoms with E-state index in [0.29, 0.717) is 19.7 Å². The number of ether oxygens (including phenoxy) is 1. The summed E-state index contributed by atoms with van der Waals surface area (Å²) >= 11 is 0. The highest BCUT2D eigenvalue weighted by molar-refractivity contribution is 7.90. The van der Waals surface area contributed by atoms with Gasteiger partial charge in [-0.25, -0.2) is 12.7 Å². The lowest BCUT2D eigenvalue weighted by atomic mass is 10.1. The highest BCUT2D eigenvalue weighted by Gasteiger charge is 2.40. The summed E-state index contributed by atoms with van der Waals surface area (Å²) in [7, 11) is -3.03. The van der Waals surface area contributed by atoms with E-state index >= 15 is 0 Å². The molecule has 0 spiro atoms. The highest BCUT2D eigenvalue weighted by Crippen LogP contribution is 2.31. The van der Waals surface area contributed by atoms with Crippen LogP contribution in [0.2, 0.25) is 0 Å². The van der Waals surface area contributed by atoms with E-state index in [1.165, 1.54) is 0 Å². The Morgan fingerprint density at radius 3 is 2.46 bits per heavy atom. The zero-order valence-corrected chi connectivity index (χ0v) is 15.5.